The lowest BCUT2D eigenvalue weighted by atomic mass is 10.3. The summed E-state index contributed by atoms with van der Waals surface area (Å²) in [5.74, 6) is 0.625. The first-order valence-corrected chi connectivity index (χ1v) is 5.97. The van der Waals surface area contributed by atoms with Crippen LogP contribution in [0, 0.1) is 0 Å². The molecule has 0 aromatic carbocycles. The molecule has 0 fully saturated rings. The van der Waals surface area contributed by atoms with Crippen molar-refractivity contribution >= 4 is 11.7 Å². The van der Waals surface area contributed by atoms with E-state index in [0.29, 0.717) is 30.9 Å². The smallest absolute Gasteiger partial charge is 0.303 e. The third-order valence-corrected chi connectivity index (χ3v) is 2.92. The Morgan fingerprint density at radius 3 is 2.89 bits per heavy atom. The minimum Gasteiger partial charge on any atom is -0.303 e. The Bertz CT molecular complexity index is 469. The van der Waals surface area contributed by atoms with Gasteiger partial charge in [0.15, 0.2) is 0 Å². The minimum atomic E-state index is -4.23. The zero-order chi connectivity index (χ0) is 14.0. The van der Waals surface area contributed by atoms with Crippen molar-refractivity contribution in [2.75, 3.05) is 18.5 Å². The van der Waals surface area contributed by atoms with Gasteiger partial charge in [-0.1, -0.05) is 0 Å². The number of alkyl halides is 3. The standard InChI is InChI=1S/C11H15F3N4O/c1-17-9-5-8(6-15-7-11(12,13)14)16-18(9)4-2-3-10(17)19/h5,15H,2-4,6-7H2,1H3. The van der Waals surface area contributed by atoms with E-state index in [0.717, 1.165) is 0 Å². The molecule has 1 aliphatic heterocycles. The van der Waals surface area contributed by atoms with E-state index >= 15 is 0 Å². The molecule has 8 heteroatoms. The van der Waals surface area contributed by atoms with E-state index in [4.69, 9.17) is 0 Å². The molecule has 1 amide bonds. The zero-order valence-electron chi connectivity index (χ0n) is 10.5. The second kappa shape index (κ2) is 5.20. The molecule has 5 nitrogen and oxygen atoms in total. The van der Waals surface area contributed by atoms with Crippen LogP contribution in [-0.4, -0.2) is 35.5 Å². The lowest BCUT2D eigenvalue weighted by Crippen LogP contribution is -2.28. The summed E-state index contributed by atoms with van der Waals surface area (Å²) < 4.78 is 37.7. The normalized spacial score (nSPS) is 16.4. The molecule has 0 spiro atoms. The summed E-state index contributed by atoms with van der Waals surface area (Å²) in [5.41, 5.74) is 0.501. The van der Waals surface area contributed by atoms with Gasteiger partial charge in [0, 0.05) is 32.6 Å². The lowest BCUT2D eigenvalue weighted by molar-refractivity contribution is -0.125. The van der Waals surface area contributed by atoms with Crippen molar-refractivity contribution in [3.8, 4) is 0 Å². The van der Waals surface area contributed by atoms with Crippen LogP contribution in [0.3, 0.4) is 0 Å². The Kier molecular flexibility index (Phi) is 3.79. The van der Waals surface area contributed by atoms with E-state index in [1.54, 1.807) is 17.8 Å². The van der Waals surface area contributed by atoms with Crippen LogP contribution in [0.25, 0.3) is 0 Å². The number of amides is 1. The first kappa shape index (κ1) is 13.9. The van der Waals surface area contributed by atoms with Crippen molar-refractivity contribution in [3.05, 3.63) is 11.8 Å². The zero-order valence-corrected chi connectivity index (χ0v) is 10.5. The molecular formula is C11H15F3N4O. The van der Waals surface area contributed by atoms with Gasteiger partial charge in [-0.15, -0.1) is 0 Å². The van der Waals surface area contributed by atoms with Gasteiger partial charge in [-0.2, -0.15) is 18.3 Å². The Hall–Kier alpha value is -1.57. The fourth-order valence-electron chi connectivity index (χ4n) is 1.99. The molecule has 1 aromatic rings. The van der Waals surface area contributed by atoms with E-state index in [1.165, 1.54) is 4.90 Å². The molecule has 0 atom stereocenters. The van der Waals surface area contributed by atoms with Crippen LogP contribution in [0.4, 0.5) is 19.0 Å². The summed E-state index contributed by atoms with van der Waals surface area (Å²) >= 11 is 0. The van der Waals surface area contributed by atoms with Gasteiger partial charge in [-0.05, 0) is 6.42 Å². The van der Waals surface area contributed by atoms with Crippen LogP contribution in [-0.2, 0) is 17.9 Å². The first-order valence-electron chi connectivity index (χ1n) is 5.97. The molecule has 0 bridgehead atoms. The predicted molar refractivity (Wildman–Crippen MR) is 62.6 cm³/mol. The molecule has 1 N–H and O–H groups in total. The Morgan fingerprint density at radius 1 is 1.47 bits per heavy atom. The Balaban J connectivity index is 2.03. The molecule has 0 radical (unpaired) electrons. The average molecular weight is 276 g/mol. The van der Waals surface area contributed by atoms with Gasteiger partial charge < -0.3 is 10.2 Å². The van der Waals surface area contributed by atoms with Crippen LogP contribution in [0.1, 0.15) is 18.5 Å². The monoisotopic (exact) mass is 276 g/mol. The van der Waals surface area contributed by atoms with Gasteiger partial charge >= 0.3 is 6.18 Å². The summed E-state index contributed by atoms with van der Waals surface area (Å²) in [6, 6.07) is 1.65. The topological polar surface area (TPSA) is 50.2 Å². The maximum Gasteiger partial charge on any atom is 0.401 e. The highest BCUT2D eigenvalue weighted by Gasteiger charge is 2.26. The quantitative estimate of drug-likeness (QED) is 0.905. The maximum absolute atomic E-state index is 12.0. The number of anilines is 1. The van der Waals surface area contributed by atoms with Crippen LogP contribution in [0.15, 0.2) is 6.07 Å². The summed E-state index contributed by atoms with van der Waals surface area (Å²) in [7, 11) is 1.65. The molecule has 1 aromatic heterocycles. The third kappa shape index (κ3) is 3.46. The number of nitrogens with zero attached hydrogens (tertiary/aromatic N) is 3. The van der Waals surface area contributed by atoms with Crippen molar-refractivity contribution in [1.82, 2.24) is 15.1 Å². The summed E-state index contributed by atoms with van der Waals surface area (Å²) in [5, 5.41) is 6.50. The maximum atomic E-state index is 12.0. The van der Waals surface area contributed by atoms with Gasteiger partial charge in [0.2, 0.25) is 5.91 Å². The second-order valence-electron chi connectivity index (χ2n) is 4.49. The molecule has 0 saturated carbocycles. The fourth-order valence-corrected chi connectivity index (χ4v) is 1.99. The highest BCUT2D eigenvalue weighted by atomic mass is 19.4. The van der Waals surface area contributed by atoms with E-state index < -0.39 is 12.7 Å². The SMILES string of the molecule is CN1C(=O)CCCn2nc(CNCC(F)(F)F)cc21. The Labute approximate surface area is 108 Å². The average Bonchev–Trinajstić information content (AvgIpc) is 2.64. The molecule has 0 saturated heterocycles. The summed E-state index contributed by atoms with van der Waals surface area (Å²) in [6.07, 6.45) is -3.08. The van der Waals surface area contributed by atoms with Crippen molar-refractivity contribution in [2.45, 2.75) is 32.1 Å². The number of halogens is 3. The van der Waals surface area contributed by atoms with Gasteiger partial charge in [-0.3, -0.25) is 4.79 Å². The third-order valence-electron chi connectivity index (χ3n) is 2.92. The largest absolute Gasteiger partial charge is 0.401 e. The molecular weight excluding hydrogens is 261 g/mol. The van der Waals surface area contributed by atoms with Gasteiger partial charge in [-0.25, -0.2) is 4.68 Å². The lowest BCUT2D eigenvalue weighted by Gasteiger charge is -2.13. The van der Waals surface area contributed by atoms with Crippen LogP contribution in [0.2, 0.25) is 0 Å². The van der Waals surface area contributed by atoms with Crippen LogP contribution < -0.4 is 10.2 Å². The summed E-state index contributed by atoms with van der Waals surface area (Å²) in [6.45, 7) is -0.420. The van der Waals surface area contributed by atoms with E-state index in [9.17, 15) is 18.0 Å². The molecule has 106 valence electrons. The van der Waals surface area contributed by atoms with E-state index in [-0.39, 0.29) is 12.5 Å². The highest BCUT2D eigenvalue weighted by molar-refractivity contribution is 5.92. The highest BCUT2D eigenvalue weighted by Crippen LogP contribution is 2.21. The summed E-state index contributed by atoms with van der Waals surface area (Å²) in [4.78, 5) is 13.1. The Morgan fingerprint density at radius 2 is 2.21 bits per heavy atom. The number of nitrogens with one attached hydrogen (secondary N) is 1. The van der Waals surface area contributed by atoms with Gasteiger partial charge in [0.25, 0.3) is 0 Å². The number of carbonyl (C=O) groups is 1. The minimum absolute atomic E-state index is 0.00606. The number of aryl methyl sites for hydroxylation is 1. The molecule has 19 heavy (non-hydrogen) atoms. The van der Waals surface area contributed by atoms with E-state index in [1.807, 2.05) is 0 Å². The molecule has 2 rings (SSSR count). The van der Waals surface area contributed by atoms with Crippen molar-refractivity contribution in [2.24, 2.45) is 0 Å². The van der Waals surface area contributed by atoms with Gasteiger partial charge in [0.05, 0.1) is 12.2 Å². The van der Waals surface area contributed by atoms with Crippen LogP contribution >= 0.6 is 0 Å². The number of rotatable bonds is 3. The van der Waals surface area contributed by atoms with Crippen molar-refractivity contribution in [1.29, 1.82) is 0 Å². The molecule has 0 aliphatic carbocycles. The van der Waals surface area contributed by atoms with Crippen LogP contribution in [0.5, 0.6) is 0 Å². The van der Waals surface area contributed by atoms with Crippen molar-refractivity contribution < 1.29 is 18.0 Å². The molecule has 0 unspecified atom stereocenters. The number of carbonyl (C=O) groups excluding carboxylic acids is 1. The fraction of sp³-hybridized carbons (Fsp3) is 0.636. The molecule has 2 heterocycles. The van der Waals surface area contributed by atoms with E-state index in [2.05, 4.69) is 10.4 Å². The first-order chi connectivity index (χ1) is 8.87. The van der Waals surface area contributed by atoms with Gasteiger partial charge in [0.1, 0.15) is 5.82 Å². The number of hydrogen-bond donors (Lipinski definition) is 1. The van der Waals surface area contributed by atoms with Crippen molar-refractivity contribution in [3.63, 3.8) is 0 Å². The predicted octanol–water partition coefficient (Wildman–Crippen LogP) is 1.29. The number of fused-ring (bicyclic) bond motifs is 1. The molecule has 1 aliphatic rings. The number of hydrogen-bond acceptors (Lipinski definition) is 3. The number of aromatic nitrogens is 2. The second-order valence-corrected chi connectivity index (χ2v) is 4.49.